The third-order valence-corrected chi connectivity index (χ3v) is 2.29. The molecule has 0 radical (unpaired) electrons. The first-order valence-electron chi connectivity index (χ1n) is 4.96. The van der Waals surface area contributed by atoms with E-state index in [2.05, 4.69) is 39.7 Å². The van der Waals surface area contributed by atoms with E-state index in [0.717, 1.165) is 18.7 Å². The van der Waals surface area contributed by atoms with Gasteiger partial charge in [-0.2, -0.15) is 5.10 Å². The lowest BCUT2D eigenvalue weighted by Crippen LogP contribution is -2.02. The van der Waals surface area contributed by atoms with E-state index in [9.17, 15) is 0 Å². The molecule has 1 N–H and O–H groups in total. The van der Waals surface area contributed by atoms with Crippen LogP contribution in [0.4, 0.5) is 0 Å². The minimum absolute atomic E-state index is 0.779. The predicted molar refractivity (Wildman–Crippen MR) is 59.0 cm³/mol. The maximum absolute atomic E-state index is 4.08. The van der Waals surface area contributed by atoms with E-state index in [-0.39, 0.29) is 0 Å². The molecule has 0 aliphatic heterocycles. The van der Waals surface area contributed by atoms with Gasteiger partial charge in [0.15, 0.2) is 0 Å². The Morgan fingerprint density at radius 3 is 3.07 bits per heavy atom. The van der Waals surface area contributed by atoms with Gasteiger partial charge in [-0.1, -0.05) is 18.2 Å². The summed E-state index contributed by atoms with van der Waals surface area (Å²) in [6, 6.07) is 0. The first-order chi connectivity index (χ1) is 7.38. The van der Waals surface area contributed by atoms with Crippen LogP contribution in [0.1, 0.15) is 6.42 Å². The highest BCUT2D eigenvalue weighted by molar-refractivity contribution is 5.31. The lowest BCUT2D eigenvalue weighted by molar-refractivity contribution is 0.683. The summed E-state index contributed by atoms with van der Waals surface area (Å²) in [5, 5.41) is 7.21. The van der Waals surface area contributed by atoms with Crippen molar-refractivity contribution in [2.75, 3.05) is 7.05 Å². The summed E-state index contributed by atoms with van der Waals surface area (Å²) in [5.74, 6) is 0. The van der Waals surface area contributed by atoms with Gasteiger partial charge in [0.2, 0.25) is 0 Å². The number of nitrogens with zero attached hydrogens (tertiary/aromatic N) is 3. The van der Waals surface area contributed by atoms with Gasteiger partial charge in [-0.05, 0) is 18.1 Å². The van der Waals surface area contributed by atoms with Gasteiger partial charge in [-0.15, -0.1) is 0 Å². The number of likely N-dealkylation sites (N-methyl/N-ethyl adjacent to an activating group) is 1. The molecule has 1 aliphatic rings. The van der Waals surface area contributed by atoms with Gasteiger partial charge >= 0.3 is 0 Å². The molecule has 4 heteroatoms. The molecule has 15 heavy (non-hydrogen) atoms. The molecular weight excluding hydrogens is 188 g/mol. The fourth-order valence-electron chi connectivity index (χ4n) is 1.47. The molecule has 1 aromatic rings. The van der Waals surface area contributed by atoms with Crippen LogP contribution in [0.15, 0.2) is 48.2 Å². The molecule has 0 saturated carbocycles. The van der Waals surface area contributed by atoms with Gasteiger partial charge in [0.05, 0.1) is 6.54 Å². The van der Waals surface area contributed by atoms with Crippen molar-refractivity contribution >= 4 is 0 Å². The summed E-state index contributed by atoms with van der Waals surface area (Å²) in [5.41, 5.74) is 2.40. The molecule has 1 heterocycles. The van der Waals surface area contributed by atoms with Crippen molar-refractivity contribution in [3.05, 3.63) is 48.2 Å². The Balaban J connectivity index is 2.04. The lowest BCUT2D eigenvalue weighted by atomic mass is 10.2. The Morgan fingerprint density at radius 1 is 1.40 bits per heavy atom. The Bertz CT molecular complexity index is 398. The van der Waals surface area contributed by atoms with Gasteiger partial charge in [-0.25, -0.2) is 9.67 Å². The number of aromatic nitrogens is 3. The van der Waals surface area contributed by atoms with Gasteiger partial charge in [0.25, 0.3) is 0 Å². The quantitative estimate of drug-likeness (QED) is 0.802. The molecule has 0 spiro atoms. The van der Waals surface area contributed by atoms with Crippen LogP contribution in [0.2, 0.25) is 0 Å². The first-order valence-corrected chi connectivity index (χ1v) is 4.96. The lowest BCUT2D eigenvalue weighted by Gasteiger charge is -2.00. The second kappa shape index (κ2) is 4.59. The zero-order valence-electron chi connectivity index (χ0n) is 8.72. The monoisotopic (exact) mass is 202 g/mol. The molecule has 0 unspecified atom stereocenters. The Hall–Kier alpha value is -1.84. The minimum atomic E-state index is 0.779. The van der Waals surface area contributed by atoms with Gasteiger partial charge < -0.3 is 5.32 Å². The van der Waals surface area contributed by atoms with Crippen LogP contribution >= 0.6 is 0 Å². The fraction of sp³-hybridized carbons (Fsp3) is 0.273. The SMILES string of the molecule is CNC1=CCC=C(Cn2cncn2)C=C1. The van der Waals surface area contributed by atoms with Crippen molar-refractivity contribution in [2.24, 2.45) is 0 Å². The molecule has 4 nitrogen and oxygen atoms in total. The highest BCUT2D eigenvalue weighted by atomic mass is 15.3. The Kier molecular flexibility index (Phi) is 2.97. The normalized spacial score (nSPS) is 15.5. The van der Waals surface area contributed by atoms with Gasteiger partial charge in [0, 0.05) is 12.7 Å². The van der Waals surface area contributed by atoms with Crippen molar-refractivity contribution in [3.8, 4) is 0 Å². The molecule has 1 aliphatic carbocycles. The summed E-state index contributed by atoms with van der Waals surface area (Å²) in [6.45, 7) is 0.779. The zero-order valence-corrected chi connectivity index (χ0v) is 8.72. The summed E-state index contributed by atoms with van der Waals surface area (Å²) < 4.78 is 1.82. The van der Waals surface area contributed by atoms with Crippen molar-refractivity contribution in [3.63, 3.8) is 0 Å². The maximum atomic E-state index is 4.08. The number of hydrogen-bond donors (Lipinski definition) is 1. The average Bonchev–Trinajstić information content (AvgIpc) is 2.64. The Morgan fingerprint density at radius 2 is 2.33 bits per heavy atom. The molecule has 0 saturated heterocycles. The van der Waals surface area contributed by atoms with Crippen molar-refractivity contribution < 1.29 is 0 Å². The van der Waals surface area contributed by atoms with Gasteiger partial charge in [0.1, 0.15) is 12.7 Å². The number of rotatable bonds is 3. The second-order valence-corrected chi connectivity index (χ2v) is 3.35. The van der Waals surface area contributed by atoms with Crippen LogP contribution in [0.25, 0.3) is 0 Å². The Labute approximate surface area is 89.0 Å². The standard InChI is InChI=1S/C11H14N4/c1-12-11-4-2-3-10(5-6-11)7-15-9-13-8-14-15/h3-6,8-9,12H,2,7H2,1H3. The van der Waals surface area contributed by atoms with Crippen molar-refractivity contribution in [2.45, 2.75) is 13.0 Å². The van der Waals surface area contributed by atoms with Crippen LogP contribution in [-0.4, -0.2) is 21.8 Å². The summed E-state index contributed by atoms with van der Waals surface area (Å²) in [4.78, 5) is 3.92. The van der Waals surface area contributed by atoms with E-state index in [1.165, 1.54) is 5.57 Å². The molecular formula is C11H14N4. The molecule has 1 aromatic heterocycles. The number of allylic oxidation sites excluding steroid dienone is 5. The zero-order chi connectivity index (χ0) is 10.5. The van der Waals surface area contributed by atoms with E-state index >= 15 is 0 Å². The molecule has 0 bridgehead atoms. The molecule has 2 rings (SSSR count). The number of hydrogen-bond acceptors (Lipinski definition) is 3. The van der Waals surface area contributed by atoms with E-state index in [4.69, 9.17) is 0 Å². The van der Waals surface area contributed by atoms with Crippen LogP contribution in [0, 0.1) is 0 Å². The van der Waals surface area contributed by atoms with E-state index in [1.54, 1.807) is 12.7 Å². The number of nitrogens with one attached hydrogen (secondary N) is 1. The van der Waals surface area contributed by atoms with Crippen LogP contribution in [-0.2, 0) is 6.54 Å². The molecule has 0 fully saturated rings. The van der Waals surface area contributed by atoms with Crippen molar-refractivity contribution in [1.82, 2.24) is 20.1 Å². The topological polar surface area (TPSA) is 42.7 Å². The summed E-state index contributed by atoms with van der Waals surface area (Å²) >= 11 is 0. The third kappa shape index (κ3) is 2.56. The molecule has 78 valence electrons. The fourth-order valence-corrected chi connectivity index (χ4v) is 1.47. The van der Waals surface area contributed by atoms with Crippen molar-refractivity contribution in [1.29, 1.82) is 0 Å². The third-order valence-electron chi connectivity index (χ3n) is 2.29. The first kappa shape index (κ1) is 9.71. The smallest absolute Gasteiger partial charge is 0.137 e. The molecule has 0 amide bonds. The minimum Gasteiger partial charge on any atom is -0.388 e. The molecule has 0 aromatic carbocycles. The van der Waals surface area contributed by atoms with Gasteiger partial charge in [-0.3, -0.25) is 0 Å². The highest BCUT2D eigenvalue weighted by Gasteiger charge is 1.99. The summed E-state index contributed by atoms with van der Waals surface area (Å²) in [7, 11) is 1.93. The predicted octanol–water partition coefficient (Wildman–Crippen LogP) is 1.27. The average molecular weight is 202 g/mol. The maximum Gasteiger partial charge on any atom is 0.137 e. The second-order valence-electron chi connectivity index (χ2n) is 3.35. The summed E-state index contributed by atoms with van der Waals surface area (Å²) in [6.07, 6.45) is 12.8. The van der Waals surface area contributed by atoms with E-state index < -0.39 is 0 Å². The van der Waals surface area contributed by atoms with E-state index in [1.807, 2.05) is 11.7 Å². The van der Waals surface area contributed by atoms with E-state index in [0.29, 0.717) is 0 Å². The van der Waals surface area contributed by atoms with Crippen LogP contribution in [0.3, 0.4) is 0 Å². The molecule has 0 atom stereocenters. The van der Waals surface area contributed by atoms with Crippen LogP contribution in [0.5, 0.6) is 0 Å². The van der Waals surface area contributed by atoms with Crippen LogP contribution < -0.4 is 5.32 Å². The highest BCUT2D eigenvalue weighted by Crippen LogP contribution is 2.09. The largest absolute Gasteiger partial charge is 0.388 e.